The summed E-state index contributed by atoms with van der Waals surface area (Å²) in [6.45, 7) is 0. The third-order valence-corrected chi connectivity index (χ3v) is 3.80. The number of hydrogen-bond donors (Lipinski definition) is 0. The molecule has 0 unspecified atom stereocenters. The highest BCUT2D eigenvalue weighted by molar-refractivity contribution is 5.61. The van der Waals surface area contributed by atoms with Crippen LogP contribution in [0.1, 0.15) is 32.1 Å². The Morgan fingerprint density at radius 2 is 1.85 bits per heavy atom. The summed E-state index contributed by atoms with van der Waals surface area (Å²) < 4.78 is 8.06. The van der Waals surface area contributed by atoms with Gasteiger partial charge in [-0.25, -0.2) is 0 Å². The third-order valence-electron chi connectivity index (χ3n) is 3.80. The van der Waals surface area contributed by atoms with Gasteiger partial charge in [0.25, 0.3) is 0 Å². The third kappa shape index (κ3) is 2.67. The van der Waals surface area contributed by atoms with Crippen LogP contribution in [-0.4, -0.2) is 10.7 Å². The molecule has 0 spiro atoms. The van der Waals surface area contributed by atoms with Crippen molar-refractivity contribution in [2.24, 2.45) is 0 Å². The number of rotatable bonds is 3. The maximum absolute atomic E-state index is 9.11. The van der Waals surface area contributed by atoms with Gasteiger partial charge >= 0.3 is 5.69 Å². The van der Waals surface area contributed by atoms with Crippen LogP contribution in [0.5, 0.6) is 5.75 Å². The number of diazo groups is 1. The van der Waals surface area contributed by atoms with Gasteiger partial charge in [-0.15, -0.1) is 0 Å². The van der Waals surface area contributed by atoms with E-state index in [1.54, 1.807) is 6.07 Å². The van der Waals surface area contributed by atoms with E-state index in [-0.39, 0.29) is 6.10 Å². The molecule has 1 aliphatic rings. The molecule has 4 heteroatoms. The molecular weight excluding hydrogens is 250 g/mol. The summed E-state index contributed by atoms with van der Waals surface area (Å²) >= 11 is 0. The molecule has 0 N–H and O–H groups in total. The second-order valence-electron chi connectivity index (χ2n) is 5.22. The fraction of sp³-hybridized carbons (Fsp3) is 0.375. The molecule has 2 aromatic rings. The van der Waals surface area contributed by atoms with Crippen LogP contribution in [0.4, 0.5) is 5.69 Å². The first-order valence-corrected chi connectivity index (χ1v) is 7.16. The molecule has 1 aliphatic carbocycles. The van der Waals surface area contributed by atoms with E-state index in [9.17, 15) is 0 Å². The van der Waals surface area contributed by atoms with E-state index in [4.69, 9.17) is 10.1 Å². The minimum atomic E-state index is 0.240. The van der Waals surface area contributed by atoms with Gasteiger partial charge in [0.05, 0.1) is 6.10 Å². The molecule has 20 heavy (non-hydrogen) atoms. The zero-order valence-corrected chi connectivity index (χ0v) is 11.4. The SMILES string of the molecule is N#[N+]c1ccc(-n2cccc2)cc1OC1CCCCC1. The Hall–Kier alpha value is -2.28. The van der Waals surface area contributed by atoms with Gasteiger partial charge in [-0.3, -0.25) is 0 Å². The van der Waals surface area contributed by atoms with Gasteiger partial charge in [0.2, 0.25) is 11.1 Å². The van der Waals surface area contributed by atoms with Crippen LogP contribution in [0.2, 0.25) is 0 Å². The minimum Gasteiger partial charge on any atom is -0.483 e. The van der Waals surface area contributed by atoms with Crippen molar-refractivity contribution in [2.45, 2.75) is 38.2 Å². The molecule has 0 amide bonds. The lowest BCUT2D eigenvalue weighted by Gasteiger charge is -2.22. The maximum Gasteiger partial charge on any atom is 0.426 e. The molecule has 0 radical (unpaired) electrons. The summed E-state index contributed by atoms with van der Waals surface area (Å²) in [4.78, 5) is 3.32. The van der Waals surface area contributed by atoms with E-state index < -0.39 is 0 Å². The van der Waals surface area contributed by atoms with Crippen molar-refractivity contribution in [1.29, 1.82) is 5.39 Å². The van der Waals surface area contributed by atoms with Crippen molar-refractivity contribution in [3.8, 4) is 11.4 Å². The highest BCUT2D eigenvalue weighted by Gasteiger charge is 2.21. The average Bonchev–Trinajstić information content (AvgIpc) is 3.02. The van der Waals surface area contributed by atoms with Gasteiger partial charge in [-0.1, -0.05) is 6.42 Å². The molecule has 0 aliphatic heterocycles. The topological polar surface area (TPSA) is 42.3 Å². The van der Waals surface area contributed by atoms with Crippen LogP contribution >= 0.6 is 0 Å². The van der Waals surface area contributed by atoms with Crippen LogP contribution in [0.25, 0.3) is 10.7 Å². The smallest absolute Gasteiger partial charge is 0.426 e. The predicted molar refractivity (Wildman–Crippen MR) is 78.0 cm³/mol. The molecule has 102 valence electrons. The van der Waals surface area contributed by atoms with E-state index in [1.165, 1.54) is 19.3 Å². The van der Waals surface area contributed by atoms with Crippen molar-refractivity contribution in [3.05, 3.63) is 47.7 Å². The van der Waals surface area contributed by atoms with Crippen LogP contribution in [0.15, 0.2) is 42.7 Å². The zero-order chi connectivity index (χ0) is 13.8. The highest BCUT2D eigenvalue weighted by Crippen LogP contribution is 2.33. The summed E-state index contributed by atoms with van der Waals surface area (Å²) in [5.74, 6) is 0.658. The van der Waals surface area contributed by atoms with E-state index in [0.717, 1.165) is 18.5 Å². The largest absolute Gasteiger partial charge is 0.483 e. The fourth-order valence-corrected chi connectivity index (χ4v) is 2.71. The van der Waals surface area contributed by atoms with Crippen LogP contribution in [-0.2, 0) is 0 Å². The van der Waals surface area contributed by atoms with E-state index in [0.29, 0.717) is 11.4 Å². The lowest BCUT2D eigenvalue weighted by atomic mass is 9.98. The van der Waals surface area contributed by atoms with E-state index in [1.807, 2.05) is 41.2 Å². The minimum absolute atomic E-state index is 0.240. The van der Waals surface area contributed by atoms with Gasteiger partial charge in [0, 0.05) is 30.2 Å². The zero-order valence-electron chi connectivity index (χ0n) is 11.4. The van der Waals surface area contributed by atoms with Gasteiger partial charge < -0.3 is 9.30 Å². The molecule has 0 saturated heterocycles. The summed E-state index contributed by atoms with van der Waals surface area (Å²) in [6.07, 6.45) is 10.1. The molecule has 0 bridgehead atoms. The summed E-state index contributed by atoms with van der Waals surface area (Å²) in [6, 6.07) is 9.60. The Labute approximate surface area is 118 Å². The van der Waals surface area contributed by atoms with Crippen LogP contribution in [0, 0.1) is 5.39 Å². The summed E-state index contributed by atoms with van der Waals surface area (Å²) in [5.41, 5.74) is 1.50. The number of nitrogens with zero attached hydrogens (tertiary/aromatic N) is 3. The van der Waals surface area contributed by atoms with Crippen molar-refractivity contribution >= 4 is 5.69 Å². The molecule has 1 aromatic carbocycles. The molecule has 1 fully saturated rings. The van der Waals surface area contributed by atoms with Gasteiger partial charge in [-0.05, 0) is 43.9 Å². The first-order chi connectivity index (χ1) is 9.86. The van der Waals surface area contributed by atoms with Gasteiger partial charge in [0.1, 0.15) is 0 Å². The first-order valence-electron chi connectivity index (χ1n) is 7.16. The van der Waals surface area contributed by atoms with Crippen molar-refractivity contribution in [2.75, 3.05) is 0 Å². The van der Waals surface area contributed by atoms with Crippen molar-refractivity contribution in [1.82, 2.24) is 4.57 Å². The van der Waals surface area contributed by atoms with Crippen molar-refractivity contribution < 1.29 is 4.74 Å². The Kier molecular flexibility index (Phi) is 3.69. The summed E-state index contributed by atoms with van der Waals surface area (Å²) in [5, 5.41) is 9.11. The second kappa shape index (κ2) is 5.79. The monoisotopic (exact) mass is 268 g/mol. The Bertz CT molecular complexity index is 607. The average molecular weight is 268 g/mol. The van der Waals surface area contributed by atoms with E-state index >= 15 is 0 Å². The lowest BCUT2D eigenvalue weighted by Crippen LogP contribution is -2.19. The molecule has 1 saturated carbocycles. The number of ether oxygens (including phenoxy) is 1. The number of aromatic nitrogens is 1. The number of hydrogen-bond acceptors (Lipinski definition) is 2. The van der Waals surface area contributed by atoms with Gasteiger partial charge in [-0.2, -0.15) is 0 Å². The first kappa shape index (κ1) is 12.7. The highest BCUT2D eigenvalue weighted by atomic mass is 16.5. The van der Waals surface area contributed by atoms with Gasteiger partial charge in [0.15, 0.2) is 4.98 Å². The predicted octanol–water partition coefficient (Wildman–Crippen LogP) is 4.67. The molecule has 4 nitrogen and oxygen atoms in total. The van der Waals surface area contributed by atoms with Crippen molar-refractivity contribution in [3.63, 3.8) is 0 Å². The molecule has 1 heterocycles. The Balaban J connectivity index is 1.87. The molecular formula is C16H18N3O+. The lowest BCUT2D eigenvalue weighted by molar-refractivity contribution is 0.156. The Morgan fingerprint density at radius 1 is 1.10 bits per heavy atom. The standard InChI is InChI=1S/C16H18N3O/c17-18-15-9-8-13(19-10-4-5-11-19)12-16(15)20-14-6-2-1-3-7-14/h4-5,8-12,14H,1-3,6-7H2/q+1. The quantitative estimate of drug-likeness (QED) is 0.759. The Morgan fingerprint density at radius 3 is 2.55 bits per heavy atom. The van der Waals surface area contributed by atoms with Crippen LogP contribution in [0.3, 0.4) is 0 Å². The molecule has 0 atom stereocenters. The molecule has 1 aromatic heterocycles. The normalized spacial score (nSPS) is 15.8. The van der Waals surface area contributed by atoms with Crippen LogP contribution < -0.4 is 4.74 Å². The molecule has 3 rings (SSSR count). The number of benzene rings is 1. The maximum atomic E-state index is 9.11. The summed E-state index contributed by atoms with van der Waals surface area (Å²) in [7, 11) is 0. The van der Waals surface area contributed by atoms with E-state index in [2.05, 4.69) is 4.98 Å². The fourth-order valence-electron chi connectivity index (χ4n) is 2.71. The second-order valence-corrected chi connectivity index (χ2v) is 5.22.